The molecule has 36 heavy (non-hydrogen) atoms. The monoisotopic (exact) mass is 495 g/mol. The fourth-order valence-electron chi connectivity index (χ4n) is 5.16. The van der Waals surface area contributed by atoms with Gasteiger partial charge in [0.15, 0.2) is 0 Å². The molecule has 0 radical (unpaired) electrons. The van der Waals surface area contributed by atoms with E-state index in [4.69, 9.17) is 9.47 Å². The molecule has 2 aliphatic rings. The molecule has 0 aliphatic heterocycles. The number of ether oxygens (including phenoxy) is 2. The van der Waals surface area contributed by atoms with Crippen LogP contribution >= 0.6 is 0 Å². The Hall–Kier alpha value is -3.03. The van der Waals surface area contributed by atoms with Gasteiger partial charge in [-0.2, -0.15) is 0 Å². The minimum Gasteiger partial charge on any atom is -0.493 e. The van der Waals surface area contributed by atoms with Crippen LogP contribution in [0.3, 0.4) is 0 Å². The number of pyridine rings is 1. The molecule has 0 bridgehead atoms. The van der Waals surface area contributed by atoms with Crippen LogP contribution in [0.1, 0.15) is 53.5 Å². The Labute approximate surface area is 209 Å². The van der Waals surface area contributed by atoms with E-state index in [0.29, 0.717) is 28.7 Å². The summed E-state index contributed by atoms with van der Waals surface area (Å²) in [7, 11) is 0. The third kappa shape index (κ3) is 4.95. The van der Waals surface area contributed by atoms with Crippen LogP contribution in [0.15, 0.2) is 36.5 Å². The number of benzene rings is 2. The highest BCUT2D eigenvalue weighted by atomic mass is 19.1. The van der Waals surface area contributed by atoms with Gasteiger partial charge in [-0.25, -0.2) is 13.8 Å². The number of halogens is 2. The summed E-state index contributed by atoms with van der Waals surface area (Å²) in [6, 6.07) is 7.91. The van der Waals surface area contributed by atoms with E-state index in [1.807, 2.05) is 26.1 Å². The van der Waals surface area contributed by atoms with Gasteiger partial charge in [-0.15, -0.1) is 0 Å². The first-order valence-corrected chi connectivity index (χ1v) is 12.3. The van der Waals surface area contributed by atoms with Crippen molar-refractivity contribution in [3.63, 3.8) is 0 Å². The number of nitrogens with zero attached hydrogens (tertiary/aromatic N) is 1. The first kappa shape index (κ1) is 24.7. The van der Waals surface area contributed by atoms with Gasteiger partial charge in [0.2, 0.25) is 5.88 Å². The largest absolute Gasteiger partial charge is 0.493 e. The first-order valence-electron chi connectivity index (χ1n) is 12.3. The highest BCUT2D eigenvalue weighted by molar-refractivity contribution is 5.73. The zero-order valence-electron chi connectivity index (χ0n) is 20.8. The second kappa shape index (κ2) is 9.45. The Morgan fingerprint density at radius 3 is 2.53 bits per heavy atom. The molecule has 0 amide bonds. The van der Waals surface area contributed by atoms with Crippen LogP contribution in [-0.4, -0.2) is 34.0 Å². The van der Waals surface area contributed by atoms with Crippen LogP contribution in [0.4, 0.5) is 8.78 Å². The van der Waals surface area contributed by atoms with Crippen LogP contribution in [0.25, 0.3) is 11.1 Å². The molecule has 2 aromatic carbocycles. The Kier molecular flexibility index (Phi) is 6.47. The summed E-state index contributed by atoms with van der Waals surface area (Å²) in [4.78, 5) is 4.39. The molecule has 190 valence electrons. The number of hydrogen-bond donors (Lipinski definition) is 2. The lowest BCUT2D eigenvalue weighted by Crippen LogP contribution is -2.31. The summed E-state index contributed by atoms with van der Waals surface area (Å²) in [6.45, 7) is 5.04. The molecule has 1 aromatic heterocycles. The van der Waals surface area contributed by atoms with Crippen molar-refractivity contribution in [3.8, 4) is 22.8 Å². The normalized spacial score (nSPS) is 19.4. The molecule has 3 aromatic rings. The second-order valence-electron chi connectivity index (χ2n) is 10.4. The van der Waals surface area contributed by atoms with Crippen molar-refractivity contribution in [3.05, 3.63) is 76.0 Å². The second-order valence-corrected chi connectivity index (χ2v) is 10.4. The maximum Gasteiger partial charge on any atom is 0.213 e. The van der Waals surface area contributed by atoms with Gasteiger partial charge < -0.3 is 19.7 Å². The molecule has 1 fully saturated rings. The average Bonchev–Trinajstić information content (AvgIpc) is 3.49. The van der Waals surface area contributed by atoms with Gasteiger partial charge in [0.05, 0.1) is 18.8 Å². The van der Waals surface area contributed by atoms with E-state index in [0.717, 1.165) is 29.5 Å². The topological polar surface area (TPSA) is 71.8 Å². The highest BCUT2D eigenvalue weighted by Gasteiger charge is 2.45. The van der Waals surface area contributed by atoms with E-state index in [2.05, 4.69) is 4.98 Å². The predicted molar refractivity (Wildman–Crippen MR) is 132 cm³/mol. The molecule has 1 saturated carbocycles. The number of aliphatic hydroxyl groups is 2. The highest BCUT2D eigenvalue weighted by Crippen LogP contribution is 2.56. The van der Waals surface area contributed by atoms with E-state index < -0.39 is 17.2 Å². The predicted octanol–water partition coefficient (Wildman–Crippen LogP) is 5.39. The lowest BCUT2D eigenvalue weighted by molar-refractivity contribution is -0.0139. The van der Waals surface area contributed by atoms with E-state index in [-0.39, 0.29) is 31.8 Å². The Balaban J connectivity index is 1.33. The van der Waals surface area contributed by atoms with Gasteiger partial charge >= 0.3 is 0 Å². The maximum atomic E-state index is 14.9. The zero-order chi connectivity index (χ0) is 25.6. The Morgan fingerprint density at radius 2 is 1.81 bits per heavy atom. The van der Waals surface area contributed by atoms with E-state index >= 15 is 0 Å². The number of aryl methyl sites for hydroxylation is 2. The quantitative estimate of drug-likeness (QED) is 0.416. The summed E-state index contributed by atoms with van der Waals surface area (Å²) >= 11 is 0. The van der Waals surface area contributed by atoms with E-state index in [1.54, 1.807) is 12.1 Å². The molecular formula is C29H31F2NO4. The molecule has 2 aliphatic carbocycles. The minimum atomic E-state index is -1.21. The van der Waals surface area contributed by atoms with Crippen molar-refractivity contribution in [1.29, 1.82) is 0 Å². The summed E-state index contributed by atoms with van der Waals surface area (Å²) in [5.41, 5.74) is 4.11. The fourth-order valence-corrected chi connectivity index (χ4v) is 5.16. The molecule has 5 rings (SSSR count). The number of fused-ring (bicyclic) bond motifs is 3. The van der Waals surface area contributed by atoms with Crippen LogP contribution in [0, 0.1) is 31.4 Å². The summed E-state index contributed by atoms with van der Waals surface area (Å²) < 4.78 is 41.1. The SMILES string of the molecule is Cc1cc(OCCC(C)(O)CO)cc(C)c1-c1cc(COc2cc3c(cn2)[C@@H]2C[C@@H]2C3)c(F)cc1F. The summed E-state index contributed by atoms with van der Waals surface area (Å²) in [5.74, 6) is 1.11. The van der Waals surface area contributed by atoms with Crippen molar-refractivity contribution in [2.24, 2.45) is 5.92 Å². The first-order chi connectivity index (χ1) is 17.1. The van der Waals surface area contributed by atoms with Crippen LogP contribution in [0.2, 0.25) is 0 Å². The zero-order valence-corrected chi connectivity index (χ0v) is 20.8. The number of aliphatic hydroxyl groups excluding tert-OH is 1. The molecule has 0 saturated heterocycles. The number of aromatic nitrogens is 1. The smallest absolute Gasteiger partial charge is 0.213 e. The van der Waals surface area contributed by atoms with Gasteiger partial charge in [-0.05, 0) is 91.5 Å². The summed E-state index contributed by atoms with van der Waals surface area (Å²) in [5, 5.41) is 19.1. The van der Waals surface area contributed by atoms with Crippen molar-refractivity contribution in [1.82, 2.24) is 4.98 Å². The van der Waals surface area contributed by atoms with Crippen LogP contribution in [-0.2, 0) is 13.0 Å². The van der Waals surface area contributed by atoms with Crippen molar-refractivity contribution >= 4 is 0 Å². The third-order valence-corrected chi connectivity index (χ3v) is 7.34. The molecule has 2 N–H and O–H groups in total. The molecular weight excluding hydrogens is 464 g/mol. The van der Waals surface area contributed by atoms with Gasteiger partial charge in [-0.1, -0.05) is 0 Å². The number of hydrogen-bond acceptors (Lipinski definition) is 5. The average molecular weight is 496 g/mol. The molecule has 1 heterocycles. The van der Waals surface area contributed by atoms with E-state index in [1.165, 1.54) is 30.5 Å². The Bertz CT molecular complexity index is 1280. The van der Waals surface area contributed by atoms with Crippen molar-refractivity contribution < 1.29 is 28.5 Å². The molecule has 3 atom stereocenters. The lowest BCUT2D eigenvalue weighted by atomic mass is 9.93. The molecule has 1 unspecified atom stereocenters. The van der Waals surface area contributed by atoms with Gasteiger partial charge in [0.25, 0.3) is 0 Å². The minimum absolute atomic E-state index is 0.0537. The van der Waals surface area contributed by atoms with Crippen molar-refractivity contribution in [2.45, 2.75) is 58.2 Å². The lowest BCUT2D eigenvalue weighted by Gasteiger charge is -2.21. The Morgan fingerprint density at radius 1 is 1.06 bits per heavy atom. The van der Waals surface area contributed by atoms with Gasteiger partial charge in [-0.3, -0.25) is 0 Å². The van der Waals surface area contributed by atoms with Crippen LogP contribution in [0.5, 0.6) is 11.6 Å². The molecule has 7 heteroatoms. The van der Waals surface area contributed by atoms with Gasteiger partial charge in [0, 0.05) is 35.9 Å². The third-order valence-electron chi connectivity index (χ3n) is 7.34. The summed E-state index contributed by atoms with van der Waals surface area (Å²) in [6.07, 6.45) is 4.43. The van der Waals surface area contributed by atoms with Gasteiger partial charge in [0.1, 0.15) is 24.0 Å². The standard InChI is InChI=1S/C29H31F2NO4/c1-16-6-21(35-5-4-29(3,34)15-33)7-17(2)28(16)23-10-20(25(30)12-26(23)31)14-36-27-11-19-8-18-9-22(18)24(19)13-32-27/h6-7,10-13,18,22,33-34H,4-5,8-9,14-15H2,1-3H3/t18-,22+,29?/m0/s1. The fraction of sp³-hybridized carbons (Fsp3) is 0.414. The maximum absolute atomic E-state index is 14.9. The number of rotatable bonds is 9. The molecule has 0 spiro atoms. The van der Waals surface area contributed by atoms with Crippen molar-refractivity contribution in [2.75, 3.05) is 13.2 Å². The molecule has 5 nitrogen and oxygen atoms in total. The van der Waals surface area contributed by atoms with E-state index in [9.17, 15) is 19.0 Å². The van der Waals surface area contributed by atoms with Crippen LogP contribution < -0.4 is 9.47 Å².